The Balaban J connectivity index is 2.82. The Kier molecular flexibility index (Phi) is 2.93. The molecule has 3 heteroatoms. The molecule has 1 heterocycles. The molecule has 0 fully saturated rings. The lowest BCUT2D eigenvalue weighted by molar-refractivity contribution is 0.781. The zero-order valence-electron chi connectivity index (χ0n) is 12.0. The number of rotatable bonds is 1. The van der Waals surface area contributed by atoms with Gasteiger partial charge in [-0.2, -0.15) is 5.10 Å². The van der Waals surface area contributed by atoms with E-state index >= 15 is 0 Å². The maximum absolute atomic E-state index is 6.02. The molecule has 1 aromatic carbocycles. The van der Waals surface area contributed by atoms with Crippen LogP contribution in [0.2, 0.25) is 0 Å². The average molecular weight is 243 g/mol. The lowest BCUT2D eigenvalue weighted by atomic mass is 9.91. The molecule has 0 aliphatic heterocycles. The van der Waals surface area contributed by atoms with Gasteiger partial charge in [0.1, 0.15) is 5.82 Å². The first-order valence-corrected chi connectivity index (χ1v) is 6.21. The van der Waals surface area contributed by atoms with E-state index in [0.717, 1.165) is 17.1 Å². The molecule has 2 aromatic rings. The van der Waals surface area contributed by atoms with Crippen LogP contribution in [0.3, 0.4) is 0 Å². The third-order valence-corrected chi connectivity index (χ3v) is 3.94. The largest absolute Gasteiger partial charge is 0.384 e. The lowest BCUT2D eigenvalue weighted by Gasteiger charge is -2.14. The summed E-state index contributed by atoms with van der Waals surface area (Å²) < 4.78 is 1.75. The van der Waals surface area contributed by atoms with Gasteiger partial charge < -0.3 is 5.73 Å². The molecule has 0 amide bonds. The van der Waals surface area contributed by atoms with Crippen LogP contribution in [0.1, 0.15) is 27.8 Å². The second-order valence-corrected chi connectivity index (χ2v) is 5.12. The van der Waals surface area contributed by atoms with Gasteiger partial charge in [-0.3, -0.25) is 4.68 Å². The first-order valence-electron chi connectivity index (χ1n) is 6.21. The fourth-order valence-electron chi connectivity index (χ4n) is 2.45. The molecule has 0 saturated carbocycles. The van der Waals surface area contributed by atoms with Gasteiger partial charge in [0.15, 0.2) is 0 Å². The third kappa shape index (κ3) is 1.70. The van der Waals surface area contributed by atoms with Crippen molar-refractivity contribution in [1.82, 2.24) is 9.78 Å². The molecule has 0 aliphatic carbocycles. The number of hydrogen-bond donors (Lipinski definition) is 1. The zero-order chi connectivity index (χ0) is 13.6. The topological polar surface area (TPSA) is 43.8 Å². The van der Waals surface area contributed by atoms with Crippen molar-refractivity contribution in [2.45, 2.75) is 34.6 Å². The zero-order valence-corrected chi connectivity index (χ0v) is 12.0. The van der Waals surface area contributed by atoms with Crippen molar-refractivity contribution in [3.8, 4) is 11.3 Å². The Morgan fingerprint density at radius 3 is 1.83 bits per heavy atom. The molecule has 0 radical (unpaired) electrons. The van der Waals surface area contributed by atoms with Crippen molar-refractivity contribution in [3.63, 3.8) is 0 Å². The van der Waals surface area contributed by atoms with Crippen molar-refractivity contribution in [1.29, 1.82) is 0 Å². The minimum Gasteiger partial charge on any atom is -0.384 e. The van der Waals surface area contributed by atoms with Crippen molar-refractivity contribution in [2.24, 2.45) is 7.05 Å². The van der Waals surface area contributed by atoms with Gasteiger partial charge in [-0.15, -0.1) is 0 Å². The van der Waals surface area contributed by atoms with E-state index in [1.54, 1.807) is 4.68 Å². The molecule has 0 unspecified atom stereocenters. The van der Waals surface area contributed by atoms with Gasteiger partial charge in [-0.25, -0.2) is 0 Å². The van der Waals surface area contributed by atoms with E-state index in [4.69, 9.17) is 5.73 Å². The normalized spacial score (nSPS) is 11.0. The summed E-state index contributed by atoms with van der Waals surface area (Å²) in [6.07, 6.45) is 0. The SMILES string of the molecule is Cc1cc(C)c(C)c(-c2nn(C)c(N)c2C)c1C. The first kappa shape index (κ1) is 12.7. The summed E-state index contributed by atoms with van der Waals surface area (Å²) in [7, 11) is 1.89. The highest BCUT2D eigenvalue weighted by Crippen LogP contribution is 2.34. The predicted molar refractivity (Wildman–Crippen MR) is 76.7 cm³/mol. The van der Waals surface area contributed by atoms with Crippen LogP contribution in [0.15, 0.2) is 6.07 Å². The van der Waals surface area contributed by atoms with Crippen LogP contribution in [0.4, 0.5) is 5.82 Å². The van der Waals surface area contributed by atoms with Crippen LogP contribution in [0, 0.1) is 34.6 Å². The van der Waals surface area contributed by atoms with Crippen LogP contribution < -0.4 is 5.73 Å². The maximum atomic E-state index is 6.02. The van der Waals surface area contributed by atoms with Gasteiger partial charge in [0.2, 0.25) is 0 Å². The highest BCUT2D eigenvalue weighted by molar-refractivity contribution is 5.75. The average Bonchev–Trinajstić information content (AvgIpc) is 2.55. The molecule has 1 aromatic heterocycles. The molecule has 96 valence electrons. The molecule has 0 aliphatic rings. The summed E-state index contributed by atoms with van der Waals surface area (Å²) in [5, 5.41) is 4.58. The molecular weight excluding hydrogens is 222 g/mol. The van der Waals surface area contributed by atoms with Crippen molar-refractivity contribution < 1.29 is 0 Å². The van der Waals surface area contributed by atoms with Crippen LogP contribution in [0.25, 0.3) is 11.3 Å². The summed E-state index contributed by atoms with van der Waals surface area (Å²) in [6, 6.07) is 2.23. The van der Waals surface area contributed by atoms with Crippen molar-refractivity contribution in [2.75, 3.05) is 5.73 Å². The van der Waals surface area contributed by atoms with Crippen LogP contribution in [0.5, 0.6) is 0 Å². The molecule has 0 spiro atoms. The summed E-state index contributed by atoms with van der Waals surface area (Å²) in [6.45, 7) is 10.6. The number of benzene rings is 1. The van der Waals surface area contributed by atoms with Gasteiger partial charge in [0.25, 0.3) is 0 Å². The molecule has 18 heavy (non-hydrogen) atoms. The Morgan fingerprint density at radius 2 is 1.44 bits per heavy atom. The number of aromatic nitrogens is 2. The minimum absolute atomic E-state index is 0.739. The number of anilines is 1. The number of nitrogens with zero attached hydrogens (tertiary/aromatic N) is 2. The quantitative estimate of drug-likeness (QED) is 0.835. The van der Waals surface area contributed by atoms with Crippen LogP contribution >= 0.6 is 0 Å². The Hall–Kier alpha value is -1.77. The van der Waals surface area contributed by atoms with E-state index in [0.29, 0.717) is 0 Å². The molecule has 0 saturated heterocycles. The molecule has 2 N–H and O–H groups in total. The standard InChI is InChI=1S/C15H21N3/c1-8-7-9(2)11(4)13(10(8)3)14-12(5)15(16)18(6)17-14/h7H,16H2,1-6H3. The highest BCUT2D eigenvalue weighted by atomic mass is 15.3. The fraction of sp³-hybridized carbons (Fsp3) is 0.400. The minimum atomic E-state index is 0.739. The van der Waals surface area contributed by atoms with Crippen molar-refractivity contribution in [3.05, 3.63) is 33.9 Å². The van der Waals surface area contributed by atoms with Gasteiger partial charge >= 0.3 is 0 Å². The number of aryl methyl sites for hydroxylation is 3. The highest BCUT2D eigenvalue weighted by Gasteiger charge is 2.17. The van der Waals surface area contributed by atoms with E-state index in [-0.39, 0.29) is 0 Å². The number of hydrogen-bond acceptors (Lipinski definition) is 2. The van der Waals surface area contributed by atoms with E-state index in [1.165, 1.54) is 27.8 Å². The number of nitrogen functional groups attached to an aromatic ring is 1. The summed E-state index contributed by atoms with van der Waals surface area (Å²) in [5.74, 6) is 0.739. The van der Waals surface area contributed by atoms with E-state index in [2.05, 4.69) is 38.9 Å². The number of nitrogens with two attached hydrogens (primary N) is 1. The van der Waals surface area contributed by atoms with Gasteiger partial charge in [-0.1, -0.05) is 6.07 Å². The third-order valence-electron chi connectivity index (χ3n) is 3.94. The molecule has 0 bridgehead atoms. The van der Waals surface area contributed by atoms with E-state index in [9.17, 15) is 0 Å². The van der Waals surface area contributed by atoms with E-state index < -0.39 is 0 Å². The van der Waals surface area contributed by atoms with Gasteiger partial charge in [0, 0.05) is 18.2 Å². The summed E-state index contributed by atoms with van der Waals surface area (Å²) in [5.41, 5.74) is 14.5. The predicted octanol–water partition coefficient (Wildman–Crippen LogP) is 3.21. The summed E-state index contributed by atoms with van der Waals surface area (Å²) >= 11 is 0. The van der Waals surface area contributed by atoms with Gasteiger partial charge in [-0.05, 0) is 56.9 Å². The molecule has 2 rings (SSSR count). The Labute approximate surface area is 109 Å². The Bertz CT molecular complexity index is 595. The monoisotopic (exact) mass is 243 g/mol. The second kappa shape index (κ2) is 4.16. The smallest absolute Gasteiger partial charge is 0.124 e. The fourth-order valence-corrected chi connectivity index (χ4v) is 2.45. The van der Waals surface area contributed by atoms with Crippen LogP contribution in [-0.4, -0.2) is 9.78 Å². The van der Waals surface area contributed by atoms with Gasteiger partial charge in [0.05, 0.1) is 5.69 Å². The van der Waals surface area contributed by atoms with Crippen LogP contribution in [-0.2, 0) is 7.05 Å². The maximum Gasteiger partial charge on any atom is 0.124 e. The molecular formula is C15H21N3. The van der Waals surface area contributed by atoms with E-state index in [1.807, 2.05) is 14.0 Å². The van der Waals surface area contributed by atoms with Crippen molar-refractivity contribution >= 4 is 5.82 Å². The molecule has 3 nitrogen and oxygen atoms in total. The first-order chi connectivity index (χ1) is 8.34. The summed E-state index contributed by atoms with van der Waals surface area (Å²) in [4.78, 5) is 0. The lowest BCUT2D eigenvalue weighted by Crippen LogP contribution is -1.98. The molecule has 0 atom stereocenters. The second-order valence-electron chi connectivity index (χ2n) is 5.12. The Morgan fingerprint density at radius 1 is 0.944 bits per heavy atom.